The van der Waals surface area contributed by atoms with Gasteiger partial charge >= 0.3 is 0 Å². The van der Waals surface area contributed by atoms with Gasteiger partial charge in [0.25, 0.3) is 0 Å². The standard InChI is InChI=1S/C23H26FN3O2.C21H23ClFNO2.ClH/c24-19-10-8-18(9-11-19)21(28)7-4-14-26-15-12-23(13-16-26)22(29)25-17-27(23)20-5-2-1-3-6-20;22-18-7-5-17(6-8-18)21(26)11-14-24(15-12-21)13-1-2-20(25)16-3-9-19(23)10-4-16;/h1-3,5-6,8-11H,4,7,12-17H2,(H,25,29);3-10,26H,1-2,11-15H2;1H. The molecule has 3 heterocycles. The van der Waals surface area contributed by atoms with E-state index < -0.39 is 11.1 Å². The number of likely N-dealkylation sites (tertiary alicyclic amines) is 2. The zero-order valence-corrected chi connectivity index (χ0v) is 33.0. The highest BCUT2D eigenvalue weighted by atomic mass is 35.5. The van der Waals surface area contributed by atoms with Crippen LogP contribution in [0.1, 0.15) is 77.6 Å². The highest BCUT2D eigenvalue weighted by molar-refractivity contribution is 6.30. The fraction of sp³-hybridized carbons (Fsp3) is 0.386. The first-order valence-corrected chi connectivity index (χ1v) is 19.5. The molecule has 1 amide bonds. The van der Waals surface area contributed by atoms with Crippen LogP contribution >= 0.6 is 24.0 Å². The molecule has 2 N–H and O–H groups in total. The normalized spacial score (nSPS) is 17.7. The molecule has 4 aromatic carbocycles. The summed E-state index contributed by atoms with van der Waals surface area (Å²) in [7, 11) is 0. The number of halogens is 4. The lowest BCUT2D eigenvalue weighted by atomic mass is 9.84. The number of carbonyl (C=O) groups is 3. The Morgan fingerprint density at radius 2 is 1.14 bits per heavy atom. The van der Waals surface area contributed by atoms with Crippen LogP contribution < -0.4 is 10.2 Å². The number of ketones is 2. The Morgan fingerprint density at radius 1 is 0.679 bits per heavy atom. The van der Waals surface area contributed by atoms with E-state index in [4.69, 9.17) is 11.6 Å². The summed E-state index contributed by atoms with van der Waals surface area (Å²) in [6.07, 6.45) is 5.31. The van der Waals surface area contributed by atoms with E-state index in [0.717, 1.165) is 76.2 Å². The molecule has 0 saturated carbocycles. The molecule has 12 heteroatoms. The van der Waals surface area contributed by atoms with Gasteiger partial charge in [-0.05, 0) is 130 Å². The topological polar surface area (TPSA) is 93.2 Å². The molecule has 8 nitrogen and oxygen atoms in total. The number of para-hydroxylation sites is 1. The number of nitrogens with one attached hydrogen (secondary N) is 1. The minimum atomic E-state index is -0.801. The van der Waals surface area contributed by atoms with E-state index in [0.29, 0.717) is 48.5 Å². The summed E-state index contributed by atoms with van der Waals surface area (Å²) in [5.74, 6) is -0.455. The molecule has 0 bridgehead atoms. The first kappa shape index (κ1) is 42.9. The average molecular weight is 808 g/mol. The predicted octanol–water partition coefficient (Wildman–Crippen LogP) is 8.06. The summed E-state index contributed by atoms with van der Waals surface area (Å²) in [4.78, 5) is 43.9. The van der Waals surface area contributed by atoms with Crippen molar-refractivity contribution in [1.29, 1.82) is 0 Å². The number of aliphatic hydroxyl groups is 1. The summed E-state index contributed by atoms with van der Waals surface area (Å²) >= 11 is 5.92. The van der Waals surface area contributed by atoms with Crippen molar-refractivity contribution >= 4 is 47.2 Å². The van der Waals surface area contributed by atoms with Crippen LogP contribution in [0.2, 0.25) is 5.02 Å². The van der Waals surface area contributed by atoms with Crippen molar-refractivity contribution in [3.8, 4) is 0 Å². The molecule has 3 saturated heterocycles. The van der Waals surface area contributed by atoms with E-state index in [9.17, 15) is 28.3 Å². The maximum Gasteiger partial charge on any atom is 0.247 e. The Bertz CT molecular complexity index is 1880. The zero-order chi connectivity index (χ0) is 38.8. The van der Waals surface area contributed by atoms with Gasteiger partial charge in [-0.2, -0.15) is 0 Å². The van der Waals surface area contributed by atoms with Crippen LogP contribution in [0.4, 0.5) is 14.5 Å². The van der Waals surface area contributed by atoms with Gasteiger partial charge in [0.05, 0.1) is 12.3 Å². The van der Waals surface area contributed by atoms with Crippen LogP contribution in [-0.2, 0) is 10.4 Å². The molecule has 0 unspecified atom stereocenters. The molecule has 3 fully saturated rings. The number of piperidine rings is 2. The third-order valence-electron chi connectivity index (χ3n) is 11.2. The van der Waals surface area contributed by atoms with E-state index >= 15 is 0 Å². The van der Waals surface area contributed by atoms with Crippen LogP contribution in [0.15, 0.2) is 103 Å². The Kier molecular flexibility index (Phi) is 15.2. The molecular weight excluding hydrogens is 757 g/mol. The second-order valence-electron chi connectivity index (χ2n) is 14.7. The van der Waals surface area contributed by atoms with Crippen LogP contribution in [0, 0.1) is 11.6 Å². The SMILES string of the molecule is Cl.O=C(CCCN1CCC(O)(c2ccc(Cl)cc2)CC1)c1ccc(F)cc1.O=C(CCCN1CCC2(CC1)C(=O)NCN2c1ccccc1)c1ccc(F)cc1. The Labute approximate surface area is 339 Å². The molecular formula is C44H50Cl2F2N4O4. The smallest absolute Gasteiger partial charge is 0.247 e. The van der Waals surface area contributed by atoms with Gasteiger partial charge in [-0.15, -0.1) is 12.4 Å². The summed E-state index contributed by atoms with van der Waals surface area (Å²) in [6, 6.07) is 28.9. The molecule has 4 aromatic rings. The Balaban J connectivity index is 0.000000212. The average Bonchev–Trinajstić information content (AvgIpc) is 3.51. The summed E-state index contributed by atoms with van der Waals surface area (Å²) in [6.45, 7) is 5.46. The van der Waals surface area contributed by atoms with Crippen molar-refractivity contribution in [2.75, 3.05) is 50.8 Å². The van der Waals surface area contributed by atoms with Gasteiger partial charge in [0, 0.05) is 60.9 Å². The molecule has 0 atom stereocenters. The summed E-state index contributed by atoms with van der Waals surface area (Å²) < 4.78 is 25.9. The monoisotopic (exact) mass is 806 g/mol. The van der Waals surface area contributed by atoms with Gasteiger partial charge < -0.3 is 25.1 Å². The lowest BCUT2D eigenvalue weighted by molar-refractivity contribution is -0.125. The second-order valence-corrected chi connectivity index (χ2v) is 15.2. The third kappa shape index (κ3) is 10.8. The quantitative estimate of drug-likeness (QED) is 0.140. The number of hydrogen-bond donors (Lipinski definition) is 2. The van der Waals surface area contributed by atoms with Crippen molar-refractivity contribution < 1.29 is 28.3 Å². The van der Waals surface area contributed by atoms with Crippen molar-refractivity contribution in [2.24, 2.45) is 0 Å². The van der Waals surface area contributed by atoms with Crippen molar-refractivity contribution in [2.45, 2.75) is 62.5 Å². The highest BCUT2D eigenvalue weighted by Crippen LogP contribution is 2.36. The minimum absolute atomic E-state index is 0. The number of hydrogen-bond acceptors (Lipinski definition) is 7. The van der Waals surface area contributed by atoms with Crippen LogP contribution in [0.25, 0.3) is 0 Å². The first-order chi connectivity index (χ1) is 26.5. The Hall–Kier alpha value is -4.19. The third-order valence-corrected chi connectivity index (χ3v) is 11.5. The van der Waals surface area contributed by atoms with Gasteiger partial charge in [-0.1, -0.05) is 41.9 Å². The first-order valence-electron chi connectivity index (χ1n) is 19.2. The number of carbonyl (C=O) groups excluding carboxylic acids is 3. The van der Waals surface area contributed by atoms with E-state index in [1.807, 2.05) is 42.5 Å². The maximum atomic E-state index is 13.0. The molecule has 298 valence electrons. The number of amides is 1. The van der Waals surface area contributed by atoms with Crippen LogP contribution in [-0.4, -0.2) is 83.9 Å². The predicted molar refractivity (Wildman–Crippen MR) is 219 cm³/mol. The fourth-order valence-corrected chi connectivity index (χ4v) is 7.99. The van der Waals surface area contributed by atoms with Crippen molar-refractivity contribution in [3.05, 3.63) is 136 Å². The lowest BCUT2D eigenvalue weighted by Crippen LogP contribution is -2.56. The minimum Gasteiger partial charge on any atom is -0.385 e. The van der Waals surface area contributed by atoms with Gasteiger partial charge in [0.15, 0.2) is 11.6 Å². The maximum absolute atomic E-state index is 13.0. The molecule has 0 aliphatic carbocycles. The fourth-order valence-electron chi connectivity index (χ4n) is 7.86. The van der Waals surface area contributed by atoms with Gasteiger partial charge in [-0.3, -0.25) is 14.4 Å². The van der Waals surface area contributed by atoms with Crippen molar-refractivity contribution in [1.82, 2.24) is 15.1 Å². The second kappa shape index (κ2) is 19.8. The lowest BCUT2D eigenvalue weighted by Gasteiger charge is -2.43. The largest absolute Gasteiger partial charge is 0.385 e. The molecule has 3 aliphatic rings. The van der Waals surface area contributed by atoms with Crippen molar-refractivity contribution in [3.63, 3.8) is 0 Å². The number of Topliss-reactive ketones (excluding diaryl/α,β-unsaturated/α-hetero) is 2. The van der Waals surface area contributed by atoms with Gasteiger partial charge in [0.2, 0.25) is 5.91 Å². The Morgan fingerprint density at radius 3 is 1.62 bits per heavy atom. The molecule has 1 spiro atoms. The molecule has 0 aromatic heterocycles. The zero-order valence-electron chi connectivity index (χ0n) is 31.5. The number of nitrogens with zero attached hydrogens (tertiary/aromatic N) is 3. The highest BCUT2D eigenvalue weighted by Gasteiger charge is 2.50. The number of anilines is 1. The van der Waals surface area contributed by atoms with E-state index in [1.54, 1.807) is 12.1 Å². The van der Waals surface area contributed by atoms with Gasteiger partial charge in [-0.25, -0.2) is 8.78 Å². The van der Waals surface area contributed by atoms with Crippen LogP contribution in [0.3, 0.4) is 0 Å². The molecule has 0 radical (unpaired) electrons. The number of rotatable bonds is 12. The molecule has 56 heavy (non-hydrogen) atoms. The van der Waals surface area contributed by atoms with E-state index in [2.05, 4.69) is 32.1 Å². The summed E-state index contributed by atoms with van der Waals surface area (Å²) in [5, 5.41) is 14.6. The van der Waals surface area contributed by atoms with Gasteiger partial charge in [0.1, 0.15) is 17.2 Å². The molecule has 3 aliphatic heterocycles. The number of benzene rings is 4. The van der Waals surface area contributed by atoms with E-state index in [1.165, 1.54) is 36.4 Å². The summed E-state index contributed by atoms with van der Waals surface area (Å²) in [5.41, 5.74) is 1.83. The van der Waals surface area contributed by atoms with Crippen LogP contribution in [0.5, 0.6) is 0 Å². The molecule has 7 rings (SSSR count). The van der Waals surface area contributed by atoms with E-state index in [-0.39, 0.29) is 41.5 Å².